The lowest BCUT2D eigenvalue weighted by molar-refractivity contribution is 0.273. The number of aliphatic hydroxyl groups excluding tert-OH is 1. The highest BCUT2D eigenvalue weighted by atomic mass is 32.2. The molecule has 116 valence electrons. The number of thiophene rings is 1. The zero-order chi connectivity index (χ0) is 15.3. The Bertz CT molecular complexity index is 650. The van der Waals surface area contributed by atoms with Gasteiger partial charge in [-0.1, -0.05) is 6.07 Å². The van der Waals surface area contributed by atoms with Crippen LogP contribution in [0.3, 0.4) is 0 Å². The molecule has 0 bridgehead atoms. The molecule has 8 heteroatoms. The molecular weight excluding hydrogens is 310 g/mol. The Kier molecular flexibility index (Phi) is 5.51. The van der Waals surface area contributed by atoms with Gasteiger partial charge in [-0.2, -0.15) is 5.10 Å². The molecule has 0 amide bonds. The van der Waals surface area contributed by atoms with Gasteiger partial charge in [0, 0.05) is 31.3 Å². The molecule has 1 atom stereocenters. The molecule has 0 fully saturated rings. The second-order valence-electron chi connectivity index (χ2n) is 4.76. The lowest BCUT2D eigenvalue weighted by atomic mass is 10.0. The Hall–Kier alpha value is -1.22. The van der Waals surface area contributed by atoms with Crippen LogP contribution in [0.4, 0.5) is 0 Å². The van der Waals surface area contributed by atoms with Crippen LogP contribution in [0.2, 0.25) is 0 Å². The summed E-state index contributed by atoms with van der Waals surface area (Å²) in [6.07, 6.45) is 4.08. The highest BCUT2D eigenvalue weighted by Gasteiger charge is 2.17. The zero-order valence-electron chi connectivity index (χ0n) is 11.8. The molecule has 6 nitrogen and oxygen atoms in total. The van der Waals surface area contributed by atoms with Crippen molar-refractivity contribution in [2.75, 3.05) is 13.2 Å². The fourth-order valence-corrected chi connectivity index (χ4v) is 4.03. The molecule has 0 radical (unpaired) electrons. The van der Waals surface area contributed by atoms with Crippen molar-refractivity contribution in [3.63, 3.8) is 0 Å². The first-order valence-electron chi connectivity index (χ1n) is 6.65. The van der Waals surface area contributed by atoms with Gasteiger partial charge >= 0.3 is 0 Å². The molecule has 2 rings (SSSR count). The van der Waals surface area contributed by atoms with Crippen LogP contribution in [0.5, 0.6) is 0 Å². The van der Waals surface area contributed by atoms with Gasteiger partial charge in [-0.15, -0.1) is 11.3 Å². The van der Waals surface area contributed by atoms with Gasteiger partial charge in [-0.05, 0) is 30.2 Å². The van der Waals surface area contributed by atoms with Crippen molar-refractivity contribution >= 4 is 21.4 Å². The van der Waals surface area contributed by atoms with E-state index in [4.69, 9.17) is 5.11 Å². The van der Waals surface area contributed by atoms with Crippen molar-refractivity contribution in [1.82, 2.24) is 14.5 Å². The molecule has 0 aliphatic rings. The van der Waals surface area contributed by atoms with Crippen molar-refractivity contribution in [1.29, 1.82) is 0 Å². The third kappa shape index (κ3) is 4.37. The molecule has 2 N–H and O–H groups in total. The summed E-state index contributed by atoms with van der Waals surface area (Å²) in [6.45, 7) is 0.428. The summed E-state index contributed by atoms with van der Waals surface area (Å²) in [7, 11) is -1.84. The second-order valence-corrected chi connectivity index (χ2v) is 7.51. The minimum Gasteiger partial charge on any atom is -0.396 e. The third-order valence-corrected chi connectivity index (χ3v) is 5.65. The monoisotopic (exact) mass is 329 g/mol. The molecule has 0 spiro atoms. The quantitative estimate of drug-likeness (QED) is 0.765. The number of hydrogen-bond acceptors (Lipinski definition) is 5. The van der Waals surface area contributed by atoms with Crippen molar-refractivity contribution in [2.24, 2.45) is 7.05 Å². The topological polar surface area (TPSA) is 84.2 Å². The van der Waals surface area contributed by atoms with Crippen molar-refractivity contribution in [2.45, 2.75) is 23.7 Å². The van der Waals surface area contributed by atoms with Gasteiger partial charge < -0.3 is 5.11 Å². The second kappa shape index (κ2) is 7.17. The van der Waals surface area contributed by atoms with Crippen molar-refractivity contribution in [3.8, 4) is 0 Å². The Morgan fingerprint density at radius 1 is 1.48 bits per heavy atom. The van der Waals surface area contributed by atoms with Crippen LogP contribution in [0.15, 0.2) is 34.8 Å². The Labute approximate surface area is 128 Å². The van der Waals surface area contributed by atoms with Gasteiger partial charge in [0.1, 0.15) is 4.90 Å². The number of aryl methyl sites for hydroxylation is 1. The van der Waals surface area contributed by atoms with Crippen LogP contribution in [-0.2, 0) is 17.1 Å². The lowest BCUT2D eigenvalue weighted by Crippen LogP contribution is -2.25. The van der Waals surface area contributed by atoms with Gasteiger partial charge in [0.15, 0.2) is 0 Å². The number of sulfonamides is 1. The van der Waals surface area contributed by atoms with E-state index in [-0.39, 0.29) is 17.4 Å². The normalized spacial score (nSPS) is 13.4. The standard InChI is InChI=1S/C13H19N3O3S2/c1-16-10-12(9-14-16)21(18,19)15-6-4-11(5-7-17)13-3-2-8-20-13/h2-3,8-11,15,17H,4-7H2,1H3/t11-/m1/s1. The minimum absolute atomic E-state index is 0.0952. The predicted molar refractivity (Wildman–Crippen MR) is 81.8 cm³/mol. The number of hydrogen-bond donors (Lipinski definition) is 2. The van der Waals surface area contributed by atoms with Gasteiger partial charge in [0.05, 0.1) is 6.20 Å². The Morgan fingerprint density at radius 2 is 2.29 bits per heavy atom. The Morgan fingerprint density at radius 3 is 2.86 bits per heavy atom. The molecule has 0 saturated carbocycles. The van der Waals surface area contributed by atoms with Crippen molar-refractivity contribution in [3.05, 3.63) is 34.8 Å². The zero-order valence-corrected chi connectivity index (χ0v) is 13.4. The molecule has 0 aliphatic heterocycles. The van der Waals surface area contributed by atoms with Crippen LogP contribution in [-0.4, -0.2) is 36.5 Å². The summed E-state index contributed by atoms with van der Waals surface area (Å²) in [5.41, 5.74) is 0. The molecule has 21 heavy (non-hydrogen) atoms. The molecular formula is C13H19N3O3S2. The fraction of sp³-hybridized carbons (Fsp3) is 0.462. The average Bonchev–Trinajstić information content (AvgIpc) is 3.08. The van der Waals surface area contributed by atoms with Crippen LogP contribution in [0, 0.1) is 0 Å². The molecule has 2 aromatic heterocycles. The maximum atomic E-state index is 12.1. The van der Waals surface area contributed by atoms with Crippen molar-refractivity contribution < 1.29 is 13.5 Å². The van der Waals surface area contributed by atoms with E-state index in [9.17, 15) is 8.42 Å². The summed E-state index contributed by atoms with van der Waals surface area (Å²) in [6, 6.07) is 3.98. The largest absolute Gasteiger partial charge is 0.396 e. The molecule has 0 unspecified atom stereocenters. The van der Waals surface area contributed by atoms with E-state index in [1.54, 1.807) is 18.4 Å². The van der Waals surface area contributed by atoms with E-state index in [2.05, 4.69) is 9.82 Å². The Balaban J connectivity index is 1.93. The highest BCUT2D eigenvalue weighted by Crippen LogP contribution is 2.27. The van der Waals surface area contributed by atoms with Crippen LogP contribution >= 0.6 is 11.3 Å². The van der Waals surface area contributed by atoms with Gasteiger partial charge in [0.2, 0.25) is 10.0 Å². The van der Waals surface area contributed by atoms with Crippen LogP contribution < -0.4 is 4.72 Å². The van der Waals surface area contributed by atoms with E-state index >= 15 is 0 Å². The van der Waals surface area contributed by atoms with E-state index in [1.807, 2.05) is 17.5 Å². The van der Waals surface area contributed by atoms with E-state index in [0.29, 0.717) is 19.4 Å². The summed E-state index contributed by atoms with van der Waals surface area (Å²) >= 11 is 1.63. The summed E-state index contributed by atoms with van der Waals surface area (Å²) in [4.78, 5) is 1.34. The smallest absolute Gasteiger partial charge is 0.243 e. The molecule has 0 aromatic carbocycles. The molecule has 2 aromatic rings. The third-order valence-electron chi connectivity index (χ3n) is 3.20. The first-order valence-corrected chi connectivity index (χ1v) is 9.02. The fourth-order valence-electron chi connectivity index (χ4n) is 2.10. The number of aromatic nitrogens is 2. The first-order chi connectivity index (χ1) is 10.0. The lowest BCUT2D eigenvalue weighted by Gasteiger charge is -2.14. The minimum atomic E-state index is -3.51. The summed E-state index contributed by atoms with van der Waals surface area (Å²) in [5.74, 6) is 0.173. The molecule has 0 aliphatic carbocycles. The number of rotatable bonds is 8. The molecule has 0 saturated heterocycles. The number of nitrogens with zero attached hydrogens (tertiary/aromatic N) is 2. The first kappa shape index (κ1) is 16.2. The van der Waals surface area contributed by atoms with E-state index in [1.165, 1.54) is 22.0 Å². The summed E-state index contributed by atoms with van der Waals surface area (Å²) in [5, 5.41) is 15.0. The number of nitrogens with one attached hydrogen (secondary N) is 1. The van der Waals surface area contributed by atoms with E-state index < -0.39 is 10.0 Å². The van der Waals surface area contributed by atoms with E-state index in [0.717, 1.165) is 0 Å². The van der Waals surface area contributed by atoms with Gasteiger partial charge in [-0.25, -0.2) is 13.1 Å². The average molecular weight is 329 g/mol. The predicted octanol–water partition coefficient (Wildman–Crippen LogP) is 1.32. The summed E-state index contributed by atoms with van der Waals surface area (Å²) < 4.78 is 28.2. The SMILES string of the molecule is Cn1cc(S(=O)(=O)NCC[C@H](CCO)c2cccs2)cn1. The van der Waals surface area contributed by atoms with Crippen LogP contribution in [0.1, 0.15) is 23.6 Å². The van der Waals surface area contributed by atoms with Crippen LogP contribution in [0.25, 0.3) is 0 Å². The molecule has 2 heterocycles. The van der Waals surface area contributed by atoms with Gasteiger partial charge in [-0.3, -0.25) is 4.68 Å². The maximum Gasteiger partial charge on any atom is 0.243 e. The maximum absolute atomic E-state index is 12.1. The van der Waals surface area contributed by atoms with Gasteiger partial charge in [0.25, 0.3) is 0 Å². The number of aliphatic hydroxyl groups is 1. The highest BCUT2D eigenvalue weighted by molar-refractivity contribution is 7.89.